The number of hydrogen-bond acceptors (Lipinski definition) is 5. The van der Waals surface area contributed by atoms with Crippen molar-refractivity contribution >= 4 is 44.8 Å². The van der Waals surface area contributed by atoms with Crippen molar-refractivity contribution in [3.63, 3.8) is 0 Å². The molecule has 0 saturated carbocycles. The van der Waals surface area contributed by atoms with Crippen LogP contribution < -0.4 is 9.46 Å². The summed E-state index contributed by atoms with van der Waals surface area (Å²) in [6.45, 7) is 2.77. The third-order valence-electron chi connectivity index (χ3n) is 6.49. The fraction of sp³-hybridized carbons (Fsp3) is 0.375. The van der Waals surface area contributed by atoms with Crippen molar-refractivity contribution in [2.45, 2.75) is 31.3 Å². The van der Waals surface area contributed by atoms with Gasteiger partial charge in [-0.15, -0.1) is 12.4 Å². The number of aromatic amines is 1. The molecule has 2 aliphatic rings. The molecule has 2 N–H and O–H groups in total. The first-order chi connectivity index (χ1) is 15.3. The summed E-state index contributed by atoms with van der Waals surface area (Å²) in [5, 5.41) is 1.24. The van der Waals surface area contributed by atoms with Crippen LogP contribution in [0.1, 0.15) is 35.2 Å². The number of carbonyl (C=O) groups is 1. The molecule has 1 fully saturated rings. The van der Waals surface area contributed by atoms with E-state index >= 15 is 0 Å². The molecule has 2 aromatic carbocycles. The monoisotopic (exact) mass is 489 g/mol. The average molecular weight is 490 g/mol. The van der Waals surface area contributed by atoms with Gasteiger partial charge in [-0.05, 0) is 53.8 Å². The van der Waals surface area contributed by atoms with E-state index in [1.165, 1.54) is 10.9 Å². The quantitative estimate of drug-likeness (QED) is 0.565. The lowest BCUT2D eigenvalue weighted by Gasteiger charge is -2.44. The van der Waals surface area contributed by atoms with E-state index in [0.717, 1.165) is 50.7 Å². The first-order valence-electron chi connectivity index (χ1n) is 10.9. The Morgan fingerprint density at radius 2 is 1.91 bits per heavy atom. The molecule has 9 heteroatoms. The van der Waals surface area contributed by atoms with Crippen LogP contribution in [0.15, 0.2) is 48.7 Å². The molecule has 2 aliphatic heterocycles. The number of nitrogens with one attached hydrogen (secondary N) is 2. The fourth-order valence-corrected chi connectivity index (χ4v) is 5.34. The average Bonchev–Trinajstić information content (AvgIpc) is 3.21. The maximum Gasteiger partial charge on any atom is 0.229 e. The number of aromatic nitrogens is 1. The number of halogens is 1. The van der Waals surface area contributed by atoms with Crippen LogP contribution in [0, 0.1) is 0 Å². The van der Waals surface area contributed by atoms with Gasteiger partial charge in [0, 0.05) is 49.9 Å². The number of likely N-dealkylation sites (tertiary alicyclic amines) is 1. The highest BCUT2D eigenvalue weighted by Gasteiger charge is 2.42. The van der Waals surface area contributed by atoms with Gasteiger partial charge in [0.15, 0.2) is 5.78 Å². The number of benzene rings is 2. The zero-order chi connectivity index (χ0) is 22.3. The standard InChI is InChI=1S/C24H27N3O4S.ClH/c1-32(29,30)26-19-3-5-23-20(15-19)22(28)16-24(31-23)8-12-27(13-9-24)11-7-17-2-4-21-18(14-17)6-10-25-21;/h2-6,10,14-15,25-26H,7-9,11-13,16H2,1H3;1H. The molecular formula is C24H28ClN3O4S. The van der Waals surface area contributed by atoms with Gasteiger partial charge >= 0.3 is 0 Å². The highest BCUT2D eigenvalue weighted by Crippen LogP contribution is 2.40. The van der Waals surface area contributed by atoms with E-state index in [4.69, 9.17) is 4.74 Å². The summed E-state index contributed by atoms with van der Waals surface area (Å²) < 4.78 is 31.7. The summed E-state index contributed by atoms with van der Waals surface area (Å²) >= 11 is 0. The maximum absolute atomic E-state index is 12.9. The lowest BCUT2D eigenvalue weighted by atomic mass is 9.82. The predicted octanol–water partition coefficient (Wildman–Crippen LogP) is 4.00. The van der Waals surface area contributed by atoms with Crippen LogP contribution in [0.2, 0.25) is 0 Å². The number of fused-ring (bicyclic) bond motifs is 2. The van der Waals surface area contributed by atoms with Crippen molar-refractivity contribution in [3.05, 3.63) is 59.8 Å². The second kappa shape index (κ2) is 9.00. The van der Waals surface area contributed by atoms with Crippen molar-refractivity contribution in [2.75, 3.05) is 30.6 Å². The number of anilines is 1. The molecule has 0 atom stereocenters. The van der Waals surface area contributed by atoms with Gasteiger partial charge in [0.05, 0.1) is 18.2 Å². The van der Waals surface area contributed by atoms with Crippen LogP contribution in [0.4, 0.5) is 5.69 Å². The van der Waals surface area contributed by atoms with Crippen LogP contribution in [-0.4, -0.2) is 55.6 Å². The zero-order valence-corrected chi connectivity index (χ0v) is 20.1. The molecular weight excluding hydrogens is 462 g/mol. The molecule has 1 aromatic heterocycles. The van der Waals surface area contributed by atoms with Crippen LogP contribution in [0.3, 0.4) is 0 Å². The Hall–Kier alpha value is -2.55. The predicted molar refractivity (Wildman–Crippen MR) is 132 cm³/mol. The lowest BCUT2D eigenvalue weighted by molar-refractivity contribution is -0.00864. The molecule has 0 radical (unpaired) electrons. The number of Topliss-reactive ketones (excluding diaryl/α,β-unsaturated/α-hetero) is 1. The van der Waals surface area contributed by atoms with Gasteiger partial charge in [-0.1, -0.05) is 6.07 Å². The van der Waals surface area contributed by atoms with Gasteiger partial charge in [0.1, 0.15) is 11.4 Å². The molecule has 3 heterocycles. The Labute approximate surface area is 200 Å². The Morgan fingerprint density at radius 3 is 2.67 bits per heavy atom. The molecule has 176 valence electrons. The van der Waals surface area contributed by atoms with E-state index in [9.17, 15) is 13.2 Å². The Morgan fingerprint density at radius 1 is 1.12 bits per heavy atom. The molecule has 7 nitrogen and oxygen atoms in total. The summed E-state index contributed by atoms with van der Waals surface area (Å²) in [4.78, 5) is 18.5. The highest BCUT2D eigenvalue weighted by molar-refractivity contribution is 7.92. The molecule has 5 rings (SSSR count). The maximum atomic E-state index is 12.9. The summed E-state index contributed by atoms with van der Waals surface area (Å²) in [5.74, 6) is 0.560. The van der Waals surface area contributed by atoms with Crippen LogP contribution in [-0.2, 0) is 16.4 Å². The minimum absolute atomic E-state index is 0. The largest absolute Gasteiger partial charge is 0.486 e. The number of piperidine rings is 1. The van der Waals surface area contributed by atoms with Crippen LogP contribution in [0.5, 0.6) is 5.75 Å². The van der Waals surface area contributed by atoms with Gasteiger partial charge in [-0.2, -0.15) is 0 Å². The van der Waals surface area contributed by atoms with Crippen LogP contribution in [0.25, 0.3) is 10.9 Å². The molecule has 0 amide bonds. The first kappa shape index (κ1) is 23.6. The molecule has 0 aliphatic carbocycles. The van der Waals surface area contributed by atoms with Crippen LogP contribution >= 0.6 is 12.4 Å². The summed E-state index contributed by atoms with van der Waals surface area (Å²) in [5.41, 5.74) is 2.86. The number of nitrogens with zero attached hydrogens (tertiary/aromatic N) is 1. The number of ketones is 1. The topological polar surface area (TPSA) is 91.5 Å². The minimum atomic E-state index is -3.40. The van der Waals surface area contributed by atoms with Crippen molar-refractivity contribution in [1.82, 2.24) is 9.88 Å². The zero-order valence-electron chi connectivity index (χ0n) is 18.5. The van der Waals surface area contributed by atoms with Crippen molar-refractivity contribution < 1.29 is 17.9 Å². The van der Waals surface area contributed by atoms with Gasteiger partial charge in [0.25, 0.3) is 0 Å². The Bertz CT molecular complexity index is 1280. The third-order valence-corrected chi connectivity index (χ3v) is 7.10. The SMILES string of the molecule is CS(=O)(=O)Nc1ccc2c(c1)C(=O)CC1(CCN(CCc3ccc4[nH]ccc4c3)CC1)O2.Cl. The summed E-state index contributed by atoms with van der Waals surface area (Å²) in [7, 11) is -3.40. The number of hydrogen-bond donors (Lipinski definition) is 2. The van der Waals surface area contributed by atoms with Gasteiger partial charge in [-0.3, -0.25) is 9.52 Å². The second-order valence-electron chi connectivity index (χ2n) is 8.96. The smallest absolute Gasteiger partial charge is 0.229 e. The highest BCUT2D eigenvalue weighted by atomic mass is 35.5. The second-order valence-corrected chi connectivity index (χ2v) is 10.7. The van der Waals surface area contributed by atoms with Gasteiger partial charge in [-0.25, -0.2) is 8.42 Å². The number of H-pyrrole nitrogens is 1. The normalized spacial score (nSPS) is 17.9. The molecule has 1 spiro atoms. The van der Waals surface area contributed by atoms with Crippen molar-refractivity contribution in [2.24, 2.45) is 0 Å². The van der Waals surface area contributed by atoms with E-state index in [1.807, 2.05) is 6.20 Å². The first-order valence-corrected chi connectivity index (χ1v) is 12.8. The summed E-state index contributed by atoms with van der Waals surface area (Å²) in [6.07, 6.45) is 5.99. The van der Waals surface area contributed by atoms with Crippen molar-refractivity contribution in [1.29, 1.82) is 0 Å². The number of rotatable bonds is 5. The Kier molecular flexibility index (Phi) is 6.44. The molecule has 3 aromatic rings. The molecule has 1 saturated heterocycles. The van der Waals surface area contributed by atoms with E-state index in [2.05, 4.69) is 38.9 Å². The number of sulfonamides is 1. The van der Waals surface area contributed by atoms with E-state index in [0.29, 0.717) is 23.4 Å². The van der Waals surface area contributed by atoms with E-state index in [1.54, 1.807) is 18.2 Å². The van der Waals surface area contributed by atoms with Gasteiger partial charge in [0.2, 0.25) is 10.0 Å². The molecule has 0 bridgehead atoms. The molecule has 0 unspecified atom stereocenters. The number of carbonyl (C=O) groups excluding carboxylic acids is 1. The molecule has 33 heavy (non-hydrogen) atoms. The number of ether oxygens (including phenoxy) is 1. The van der Waals surface area contributed by atoms with Crippen molar-refractivity contribution in [3.8, 4) is 5.75 Å². The minimum Gasteiger partial charge on any atom is -0.486 e. The van der Waals surface area contributed by atoms with E-state index < -0.39 is 15.6 Å². The lowest BCUT2D eigenvalue weighted by Crippen LogP contribution is -2.51. The Balaban J connectivity index is 0.00000259. The fourth-order valence-electron chi connectivity index (χ4n) is 4.78. The summed E-state index contributed by atoms with van der Waals surface area (Å²) in [6, 6.07) is 13.6. The van der Waals surface area contributed by atoms with E-state index in [-0.39, 0.29) is 18.2 Å². The third kappa shape index (κ3) is 5.18. The van der Waals surface area contributed by atoms with Gasteiger partial charge < -0.3 is 14.6 Å².